The molecule has 1 atom stereocenters. The molecule has 0 bridgehead atoms. The maximum Gasteiger partial charge on any atom is 0.242 e. The van der Waals surface area contributed by atoms with Crippen LogP contribution >= 0.6 is 11.6 Å². The first-order chi connectivity index (χ1) is 13.1. The van der Waals surface area contributed by atoms with E-state index in [0.717, 1.165) is 5.69 Å². The Morgan fingerprint density at radius 1 is 1.29 bits per heavy atom. The van der Waals surface area contributed by atoms with Crippen molar-refractivity contribution in [1.29, 1.82) is 0 Å². The molecule has 6 nitrogen and oxygen atoms in total. The van der Waals surface area contributed by atoms with Gasteiger partial charge in [0.05, 0.1) is 11.7 Å². The van der Waals surface area contributed by atoms with Crippen LogP contribution in [-0.4, -0.2) is 28.1 Å². The first kappa shape index (κ1) is 19.0. The third kappa shape index (κ3) is 2.50. The van der Waals surface area contributed by atoms with Crippen LogP contribution in [-0.2, 0) is 20.5 Å². The van der Waals surface area contributed by atoms with Crippen LogP contribution in [0.5, 0.6) is 0 Å². The average molecular weight is 401 g/mol. The van der Waals surface area contributed by atoms with Crippen LogP contribution in [0.1, 0.15) is 52.2 Å². The Morgan fingerprint density at radius 2 is 2.00 bits per heavy atom. The molecule has 2 aliphatic heterocycles. The van der Waals surface area contributed by atoms with Crippen molar-refractivity contribution in [1.82, 2.24) is 9.78 Å². The monoisotopic (exact) mass is 400 g/mol. The molecule has 7 heteroatoms. The standard InChI is InChI=1S/C21H25ClN4O2/c1-12(2)11-25-15-8-6-7-14(22)17(15)21(19(25)28)9-16(27)24-18-13(21)10-23-26(18)20(3,4)5/h6-8,10,12H,9,11H2,1-5H3,(H,24,27)/t21-/m1/s1. The van der Waals surface area contributed by atoms with Crippen molar-refractivity contribution in [3.8, 4) is 0 Å². The van der Waals surface area contributed by atoms with Gasteiger partial charge in [0.2, 0.25) is 11.8 Å². The van der Waals surface area contributed by atoms with Gasteiger partial charge in [-0.25, -0.2) is 4.68 Å². The normalized spacial score (nSPS) is 21.3. The average Bonchev–Trinajstić information content (AvgIpc) is 3.10. The van der Waals surface area contributed by atoms with Gasteiger partial charge in [0.1, 0.15) is 11.2 Å². The number of carbonyl (C=O) groups is 2. The Balaban J connectivity index is 2.02. The van der Waals surface area contributed by atoms with Crippen molar-refractivity contribution in [3.05, 3.63) is 40.5 Å². The Bertz CT molecular complexity index is 989. The molecule has 28 heavy (non-hydrogen) atoms. The Labute approximate surface area is 169 Å². The molecular weight excluding hydrogens is 376 g/mol. The van der Waals surface area contributed by atoms with Crippen molar-refractivity contribution in [2.75, 3.05) is 16.8 Å². The molecule has 4 rings (SSSR count). The highest BCUT2D eigenvalue weighted by Crippen LogP contribution is 2.54. The molecule has 2 amide bonds. The maximum absolute atomic E-state index is 13.8. The Morgan fingerprint density at radius 3 is 2.64 bits per heavy atom. The molecule has 0 saturated carbocycles. The number of hydrogen-bond acceptors (Lipinski definition) is 3. The summed E-state index contributed by atoms with van der Waals surface area (Å²) in [5.74, 6) is 0.549. The fourth-order valence-electron chi connectivity index (χ4n) is 4.37. The van der Waals surface area contributed by atoms with E-state index < -0.39 is 5.41 Å². The molecule has 3 heterocycles. The minimum Gasteiger partial charge on any atom is -0.311 e. The summed E-state index contributed by atoms with van der Waals surface area (Å²) in [7, 11) is 0. The second kappa shape index (κ2) is 6.08. The third-order valence-corrected chi connectivity index (χ3v) is 5.73. The van der Waals surface area contributed by atoms with Gasteiger partial charge >= 0.3 is 0 Å². The van der Waals surface area contributed by atoms with E-state index in [1.165, 1.54) is 0 Å². The van der Waals surface area contributed by atoms with Crippen molar-refractivity contribution in [2.24, 2.45) is 5.92 Å². The van der Waals surface area contributed by atoms with Crippen LogP contribution in [0.15, 0.2) is 24.4 Å². The lowest BCUT2D eigenvalue weighted by molar-refractivity contribution is -0.126. The Kier molecular flexibility index (Phi) is 4.12. The number of anilines is 2. The molecule has 1 aromatic carbocycles. The predicted octanol–water partition coefficient (Wildman–Crippen LogP) is 3.92. The molecule has 148 valence electrons. The molecule has 1 N–H and O–H groups in total. The Hall–Kier alpha value is -2.34. The number of hydrogen-bond donors (Lipinski definition) is 1. The fraction of sp³-hybridized carbons (Fsp3) is 0.476. The lowest BCUT2D eigenvalue weighted by Gasteiger charge is -2.34. The van der Waals surface area contributed by atoms with Gasteiger partial charge in [0, 0.05) is 34.8 Å². The molecule has 2 aromatic rings. The summed E-state index contributed by atoms with van der Waals surface area (Å²) in [4.78, 5) is 28.4. The zero-order chi connectivity index (χ0) is 20.4. The van der Waals surface area contributed by atoms with Crippen LogP contribution in [0.4, 0.5) is 11.5 Å². The highest BCUT2D eigenvalue weighted by atomic mass is 35.5. The van der Waals surface area contributed by atoms with Crippen molar-refractivity contribution in [3.63, 3.8) is 0 Å². The number of nitrogens with zero attached hydrogens (tertiary/aromatic N) is 3. The molecule has 1 spiro atoms. The van der Waals surface area contributed by atoms with Crippen LogP contribution in [0.25, 0.3) is 0 Å². The van der Waals surface area contributed by atoms with Gasteiger partial charge in [-0.15, -0.1) is 0 Å². The number of amides is 2. The van der Waals surface area contributed by atoms with E-state index in [4.69, 9.17) is 11.6 Å². The lowest BCUT2D eigenvalue weighted by Crippen LogP contribution is -2.47. The number of carbonyl (C=O) groups excluding carboxylic acids is 2. The van der Waals surface area contributed by atoms with E-state index >= 15 is 0 Å². The lowest BCUT2D eigenvalue weighted by atomic mass is 9.71. The van der Waals surface area contributed by atoms with E-state index in [0.29, 0.717) is 28.5 Å². The van der Waals surface area contributed by atoms with Gasteiger partial charge in [0.15, 0.2) is 0 Å². The van der Waals surface area contributed by atoms with Gasteiger partial charge in [-0.3, -0.25) is 9.59 Å². The molecule has 2 aliphatic rings. The van der Waals surface area contributed by atoms with Gasteiger partial charge in [-0.1, -0.05) is 31.5 Å². The third-order valence-electron chi connectivity index (χ3n) is 5.42. The smallest absolute Gasteiger partial charge is 0.242 e. The quantitative estimate of drug-likeness (QED) is 0.830. The first-order valence-corrected chi connectivity index (χ1v) is 9.95. The predicted molar refractivity (Wildman–Crippen MR) is 110 cm³/mol. The van der Waals surface area contributed by atoms with E-state index in [9.17, 15) is 9.59 Å². The van der Waals surface area contributed by atoms with E-state index in [1.54, 1.807) is 21.8 Å². The molecular formula is C21H25ClN4O2. The summed E-state index contributed by atoms with van der Waals surface area (Å²) in [6, 6.07) is 5.55. The number of halogens is 1. The van der Waals surface area contributed by atoms with Crippen LogP contribution < -0.4 is 10.2 Å². The molecule has 1 aromatic heterocycles. The van der Waals surface area contributed by atoms with E-state index in [1.807, 2.05) is 32.9 Å². The molecule has 0 fully saturated rings. The maximum atomic E-state index is 13.8. The van der Waals surface area contributed by atoms with Crippen LogP contribution in [0, 0.1) is 5.92 Å². The number of aromatic nitrogens is 2. The van der Waals surface area contributed by atoms with Gasteiger partial charge in [-0.2, -0.15) is 5.10 Å². The minimum atomic E-state index is -1.14. The van der Waals surface area contributed by atoms with Crippen molar-refractivity contribution in [2.45, 2.75) is 52.0 Å². The molecule has 0 aliphatic carbocycles. The highest BCUT2D eigenvalue weighted by Gasteiger charge is 2.58. The number of rotatable bonds is 2. The van der Waals surface area contributed by atoms with E-state index in [2.05, 4.69) is 24.3 Å². The zero-order valence-corrected chi connectivity index (χ0v) is 17.6. The summed E-state index contributed by atoms with van der Waals surface area (Å²) in [5, 5.41) is 7.98. The summed E-state index contributed by atoms with van der Waals surface area (Å²) in [6.45, 7) is 10.7. The summed E-state index contributed by atoms with van der Waals surface area (Å²) < 4.78 is 1.77. The second-order valence-electron chi connectivity index (χ2n) is 9.06. The van der Waals surface area contributed by atoms with E-state index in [-0.39, 0.29) is 29.7 Å². The molecule has 0 radical (unpaired) electrons. The van der Waals surface area contributed by atoms with Gasteiger partial charge in [0.25, 0.3) is 0 Å². The largest absolute Gasteiger partial charge is 0.311 e. The molecule has 0 saturated heterocycles. The topological polar surface area (TPSA) is 67.2 Å². The highest BCUT2D eigenvalue weighted by molar-refractivity contribution is 6.33. The van der Waals surface area contributed by atoms with Crippen LogP contribution in [0.2, 0.25) is 5.02 Å². The summed E-state index contributed by atoms with van der Waals surface area (Å²) in [5.41, 5.74) is 0.737. The van der Waals surface area contributed by atoms with Gasteiger partial charge in [-0.05, 0) is 38.8 Å². The molecule has 0 unspecified atom stereocenters. The summed E-state index contributed by atoms with van der Waals surface area (Å²) in [6.07, 6.45) is 1.74. The SMILES string of the molecule is CC(C)CN1C(=O)[C@@]2(CC(=O)Nc3c2cnn3C(C)(C)C)c2c(Cl)cccc21. The van der Waals surface area contributed by atoms with Gasteiger partial charge < -0.3 is 10.2 Å². The second-order valence-corrected chi connectivity index (χ2v) is 9.47. The number of nitrogens with one attached hydrogen (secondary N) is 1. The number of fused-ring (bicyclic) bond motifs is 4. The zero-order valence-electron chi connectivity index (χ0n) is 16.8. The first-order valence-electron chi connectivity index (χ1n) is 9.57. The number of benzene rings is 1. The van der Waals surface area contributed by atoms with Crippen LogP contribution in [0.3, 0.4) is 0 Å². The minimum absolute atomic E-state index is 0.0278. The van der Waals surface area contributed by atoms with Crippen molar-refractivity contribution < 1.29 is 9.59 Å². The van der Waals surface area contributed by atoms with Crippen molar-refractivity contribution >= 4 is 34.9 Å². The fourth-order valence-corrected chi connectivity index (χ4v) is 4.70. The summed E-state index contributed by atoms with van der Waals surface area (Å²) >= 11 is 6.63.